The van der Waals surface area contributed by atoms with Crippen LogP contribution in [0.2, 0.25) is 0 Å². The van der Waals surface area contributed by atoms with Gasteiger partial charge in [0.15, 0.2) is 0 Å². The number of nitrogens with one attached hydrogen (secondary N) is 1. The zero-order chi connectivity index (χ0) is 14.4. The summed E-state index contributed by atoms with van der Waals surface area (Å²) in [6.07, 6.45) is 1.04. The molecule has 110 valence electrons. The van der Waals surface area contributed by atoms with Crippen LogP contribution in [0, 0.1) is 6.92 Å². The molecular formula is C16H25N3O. The molecular weight excluding hydrogens is 250 g/mol. The standard InChI is InChI=1S/C16H25N3O/c1-3-18(15-8-5-4-7-14(15)2)13-16(20)19-11-6-9-17-10-12-19/h4-5,7-8,17H,3,6,9-13H2,1-2H3. The normalized spacial score (nSPS) is 15.8. The molecule has 0 bridgehead atoms. The third-order valence-corrected chi connectivity index (χ3v) is 3.86. The summed E-state index contributed by atoms with van der Waals surface area (Å²) in [6.45, 7) is 9.13. The van der Waals surface area contributed by atoms with E-state index in [-0.39, 0.29) is 5.91 Å². The molecule has 1 aliphatic heterocycles. The Hall–Kier alpha value is -1.55. The number of hydrogen-bond donors (Lipinski definition) is 1. The second kappa shape index (κ2) is 7.29. The second-order valence-electron chi connectivity index (χ2n) is 5.29. The fourth-order valence-electron chi connectivity index (χ4n) is 2.64. The SMILES string of the molecule is CCN(CC(=O)N1CCCNCC1)c1ccccc1C. The summed E-state index contributed by atoms with van der Waals surface area (Å²) >= 11 is 0. The number of amides is 1. The molecule has 1 aromatic carbocycles. The molecule has 1 heterocycles. The van der Waals surface area contributed by atoms with E-state index >= 15 is 0 Å². The van der Waals surface area contributed by atoms with E-state index in [0.29, 0.717) is 6.54 Å². The maximum Gasteiger partial charge on any atom is 0.242 e. The summed E-state index contributed by atoms with van der Waals surface area (Å²) in [5.74, 6) is 0.235. The highest BCUT2D eigenvalue weighted by Crippen LogP contribution is 2.19. The van der Waals surface area contributed by atoms with Crippen LogP contribution in [-0.4, -0.2) is 50.1 Å². The van der Waals surface area contributed by atoms with Crippen molar-refractivity contribution in [2.24, 2.45) is 0 Å². The van der Waals surface area contributed by atoms with Crippen LogP contribution in [0.3, 0.4) is 0 Å². The number of rotatable bonds is 4. The van der Waals surface area contributed by atoms with Crippen molar-refractivity contribution < 1.29 is 4.79 Å². The Kier molecular flexibility index (Phi) is 5.41. The summed E-state index contributed by atoms with van der Waals surface area (Å²) < 4.78 is 0. The lowest BCUT2D eigenvalue weighted by Crippen LogP contribution is -2.42. The van der Waals surface area contributed by atoms with E-state index in [4.69, 9.17) is 0 Å². The lowest BCUT2D eigenvalue weighted by atomic mass is 10.2. The van der Waals surface area contributed by atoms with E-state index < -0.39 is 0 Å². The van der Waals surface area contributed by atoms with Gasteiger partial charge in [-0.05, 0) is 38.4 Å². The monoisotopic (exact) mass is 275 g/mol. The van der Waals surface area contributed by atoms with Crippen LogP contribution in [0.5, 0.6) is 0 Å². The van der Waals surface area contributed by atoms with Crippen LogP contribution >= 0.6 is 0 Å². The van der Waals surface area contributed by atoms with Gasteiger partial charge in [-0.3, -0.25) is 4.79 Å². The number of hydrogen-bond acceptors (Lipinski definition) is 3. The van der Waals surface area contributed by atoms with Crippen molar-refractivity contribution in [3.8, 4) is 0 Å². The highest BCUT2D eigenvalue weighted by atomic mass is 16.2. The van der Waals surface area contributed by atoms with Gasteiger partial charge in [-0.1, -0.05) is 18.2 Å². The van der Waals surface area contributed by atoms with E-state index in [1.54, 1.807) is 0 Å². The van der Waals surface area contributed by atoms with Gasteiger partial charge in [0, 0.05) is 31.9 Å². The molecule has 1 fully saturated rings. The van der Waals surface area contributed by atoms with Crippen LogP contribution in [0.4, 0.5) is 5.69 Å². The third kappa shape index (κ3) is 3.73. The summed E-state index contributed by atoms with van der Waals surface area (Å²) in [5, 5.41) is 3.33. The summed E-state index contributed by atoms with van der Waals surface area (Å²) in [7, 11) is 0. The molecule has 0 unspecified atom stereocenters. The maximum atomic E-state index is 12.5. The number of likely N-dealkylation sites (N-methyl/N-ethyl adjacent to an activating group) is 1. The quantitative estimate of drug-likeness (QED) is 0.907. The highest BCUT2D eigenvalue weighted by Gasteiger charge is 2.18. The van der Waals surface area contributed by atoms with Gasteiger partial charge in [-0.25, -0.2) is 0 Å². The lowest BCUT2D eigenvalue weighted by molar-refractivity contribution is -0.129. The highest BCUT2D eigenvalue weighted by molar-refractivity contribution is 5.81. The van der Waals surface area contributed by atoms with Gasteiger partial charge in [0.05, 0.1) is 6.54 Å². The van der Waals surface area contributed by atoms with Crippen LogP contribution in [0.15, 0.2) is 24.3 Å². The number of carbonyl (C=O) groups excluding carboxylic acids is 1. The molecule has 0 saturated carbocycles. The first-order chi connectivity index (χ1) is 9.72. The Bertz CT molecular complexity index is 439. The summed E-state index contributed by atoms with van der Waals surface area (Å²) in [5.41, 5.74) is 2.39. The average Bonchev–Trinajstić information content (AvgIpc) is 2.74. The first-order valence-electron chi connectivity index (χ1n) is 7.51. The van der Waals surface area contributed by atoms with Crippen molar-refractivity contribution >= 4 is 11.6 Å². The zero-order valence-corrected chi connectivity index (χ0v) is 12.6. The van der Waals surface area contributed by atoms with Crippen LogP contribution in [-0.2, 0) is 4.79 Å². The van der Waals surface area contributed by atoms with E-state index in [9.17, 15) is 4.79 Å². The molecule has 0 atom stereocenters. The van der Waals surface area contributed by atoms with E-state index in [0.717, 1.165) is 44.8 Å². The predicted molar refractivity (Wildman–Crippen MR) is 83.1 cm³/mol. The van der Waals surface area contributed by atoms with E-state index in [1.165, 1.54) is 5.56 Å². The van der Waals surface area contributed by atoms with Crippen LogP contribution in [0.1, 0.15) is 18.9 Å². The fraction of sp³-hybridized carbons (Fsp3) is 0.562. The molecule has 1 aromatic rings. The van der Waals surface area contributed by atoms with E-state index in [1.807, 2.05) is 17.0 Å². The number of carbonyl (C=O) groups is 1. The van der Waals surface area contributed by atoms with Gasteiger partial charge in [0.25, 0.3) is 0 Å². The van der Waals surface area contributed by atoms with Crippen molar-refractivity contribution in [3.05, 3.63) is 29.8 Å². The number of nitrogens with zero attached hydrogens (tertiary/aromatic N) is 2. The second-order valence-corrected chi connectivity index (χ2v) is 5.29. The molecule has 2 rings (SSSR count). The van der Waals surface area contributed by atoms with Gasteiger partial charge in [0.2, 0.25) is 5.91 Å². The number of aryl methyl sites for hydroxylation is 1. The topological polar surface area (TPSA) is 35.6 Å². The molecule has 0 aromatic heterocycles. The Labute approximate surface area is 121 Å². The molecule has 4 heteroatoms. The maximum absolute atomic E-state index is 12.5. The minimum atomic E-state index is 0.235. The lowest BCUT2D eigenvalue weighted by Gasteiger charge is -2.28. The first kappa shape index (κ1) is 14.9. The molecule has 1 saturated heterocycles. The number of para-hydroxylation sites is 1. The Morgan fingerprint density at radius 3 is 2.85 bits per heavy atom. The van der Waals surface area contributed by atoms with Crippen LogP contribution < -0.4 is 10.2 Å². The minimum Gasteiger partial charge on any atom is -0.362 e. The molecule has 0 spiro atoms. The number of benzene rings is 1. The Morgan fingerprint density at radius 1 is 1.30 bits per heavy atom. The minimum absolute atomic E-state index is 0.235. The molecule has 1 N–H and O–H groups in total. The predicted octanol–water partition coefficient (Wildman–Crippen LogP) is 1.64. The zero-order valence-electron chi connectivity index (χ0n) is 12.6. The van der Waals surface area contributed by atoms with Crippen molar-refractivity contribution in [2.45, 2.75) is 20.3 Å². The molecule has 4 nitrogen and oxygen atoms in total. The number of anilines is 1. The van der Waals surface area contributed by atoms with Crippen molar-refractivity contribution in [1.82, 2.24) is 10.2 Å². The van der Waals surface area contributed by atoms with Crippen molar-refractivity contribution in [2.75, 3.05) is 44.2 Å². The van der Waals surface area contributed by atoms with Gasteiger partial charge in [-0.2, -0.15) is 0 Å². The van der Waals surface area contributed by atoms with Gasteiger partial charge >= 0.3 is 0 Å². The van der Waals surface area contributed by atoms with Crippen molar-refractivity contribution in [3.63, 3.8) is 0 Å². The molecule has 0 radical (unpaired) electrons. The molecule has 1 amide bonds. The molecule has 1 aliphatic rings. The molecule has 0 aliphatic carbocycles. The smallest absolute Gasteiger partial charge is 0.242 e. The average molecular weight is 275 g/mol. The largest absolute Gasteiger partial charge is 0.362 e. The molecule has 20 heavy (non-hydrogen) atoms. The third-order valence-electron chi connectivity index (χ3n) is 3.86. The van der Waals surface area contributed by atoms with Crippen LogP contribution in [0.25, 0.3) is 0 Å². The fourth-order valence-corrected chi connectivity index (χ4v) is 2.64. The first-order valence-corrected chi connectivity index (χ1v) is 7.51. The Balaban J connectivity index is 2.02. The van der Waals surface area contributed by atoms with Crippen molar-refractivity contribution in [1.29, 1.82) is 0 Å². The van der Waals surface area contributed by atoms with Gasteiger partial charge in [0.1, 0.15) is 0 Å². The van der Waals surface area contributed by atoms with E-state index in [2.05, 4.69) is 36.2 Å². The summed E-state index contributed by atoms with van der Waals surface area (Å²) in [4.78, 5) is 16.6. The summed E-state index contributed by atoms with van der Waals surface area (Å²) in [6, 6.07) is 8.26. The Morgan fingerprint density at radius 2 is 2.10 bits per heavy atom. The van der Waals surface area contributed by atoms with Gasteiger partial charge < -0.3 is 15.1 Å². The van der Waals surface area contributed by atoms with Gasteiger partial charge in [-0.15, -0.1) is 0 Å².